The van der Waals surface area contributed by atoms with E-state index in [0.29, 0.717) is 12.5 Å². The van der Waals surface area contributed by atoms with Crippen LogP contribution in [0, 0.1) is 5.41 Å². The molecule has 51 heavy (non-hydrogen) atoms. The molecule has 3 heterocycles. The Morgan fingerprint density at radius 3 is 1.78 bits per heavy atom. The summed E-state index contributed by atoms with van der Waals surface area (Å²) >= 11 is 0. The van der Waals surface area contributed by atoms with Gasteiger partial charge in [0.25, 0.3) is 0 Å². The van der Waals surface area contributed by atoms with Crippen LogP contribution in [0.15, 0.2) is 48.5 Å². The second-order valence-electron chi connectivity index (χ2n) is 19.5. The van der Waals surface area contributed by atoms with Gasteiger partial charge in [-0.15, -0.1) is 0 Å². The van der Waals surface area contributed by atoms with E-state index < -0.39 is 18.3 Å². The van der Waals surface area contributed by atoms with Crippen LogP contribution in [0.5, 0.6) is 5.75 Å². The van der Waals surface area contributed by atoms with E-state index in [0.717, 1.165) is 49.0 Å². The van der Waals surface area contributed by atoms with E-state index >= 15 is 0 Å². The summed E-state index contributed by atoms with van der Waals surface area (Å²) in [4.78, 5) is 0. The van der Waals surface area contributed by atoms with Crippen molar-refractivity contribution in [3.8, 4) is 11.4 Å². The second-order valence-corrected chi connectivity index (χ2v) is 19.5. The van der Waals surface area contributed by atoms with E-state index in [2.05, 4.69) is 150 Å². The molecule has 6 heteroatoms. The Labute approximate surface area is 308 Å². The molecule has 0 aliphatic carbocycles. The van der Waals surface area contributed by atoms with Crippen LogP contribution in [0.2, 0.25) is 0 Å². The summed E-state index contributed by atoms with van der Waals surface area (Å²) in [6.45, 7) is 32.4. The normalized spacial score (nSPS) is 20.4. The van der Waals surface area contributed by atoms with Gasteiger partial charge < -0.3 is 23.3 Å². The van der Waals surface area contributed by atoms with Crippen molar-refractivity contribution in [2.24, 2.45) is 5.41 Å². The standard InChI is InChI=1S/C45H64BNO4/c1-15-18-34(43(8,9)10)29-25-35(46-50-44(11,12)45(13,14)51-46)40(49-39-19-16-17-24-48-39)38(26-29)47-36-27-30(41(2,3)4)20-22-32(36)33-23-21-31(28-37(33)47)42(5,6)7/h20-23,25-28,34,39H,15-19,24H2,1-14H3. The summed E-state index contributed by atoms with van der Waals surface area (Å²) in [5.41, 5.74) is 7.20. The molecule has 0 radical (unpaired) electrons. The number of hydrogen-bond acceptors (Lipinski definition) is 4. The van der Waals surface area contributed by atoms with E-state index in [1.165, 1.54) is 38.5 Å². The van der Waals surface area contributed by atoms with Gasteiger partial charge in [0.05, 0.1) is 34.5 Å². The van der Waals surface area contributed by atoms with Crippen molar-refractivity contribution in [3.05, 3.63) is 65.2 Å². The highest BCUT2D eigenvalue weighted by Crippen LogP contribution is 2.45. The van der Waals surface area contributed by atoms with Gasteiger partial charge in [-0.05, 0) is 104 Å². The lowest BCUT2D eigenvalue weighted by Gasteiger charge is -2.33. The molecule has 2 fully saturated rings. The first-order valence-electron chi connectivity index (χ1n) is 19.5. The Bertz CT molecular complexity index is 1800. The molecule has 2 saturated heterocycles. The third kappa shape index (κ3) is 7.27. The Morgan fingerprint density at radius 2 is 1.33 bits per heavy atom. The predicted octanol–water partition coefficient (Wildman–Crippen LogP) is 11.5. The zero-order valence-electron chi connectivity index (χ0n) is 34.2. The van der Waals surface area contributed by atoms with Gasteiger partial charge in [0.1, 0.15) is 5.75 Å². The molecule has 0 spiro atoms. The van der Waals surface area contributed by atoms with Crippen LogP contribution in [0.25, 0.3) is 27.5 Å². The minimum atomic E-state index is -0.599. The molecule has 2 unspecified atom stereocenters. The van der Waals surface area contributed by atoms with Gasteiger partial charge in [-0.25, -0.2) is 0 Å². The number of hydrogen-bond donors (Lipinski definition) is 0. The molecule has 5 nitrogen and oxygen atoms in total. The molecule has 6 rings (SSSR count). The molecule has 2 aliphatic heterocycles. The van der Waals surface area contributed by atoms with Gasteiger partial charge in [-0.3, -0.25) is 0 Å². The van der Waals surface area contributed by atoms with Gasteiger partial charge in [0.2, 0.25) is 0 Å². The van der Waals surface area contributed by atoms with E-state index in [4.69, 9.17) is 18.8 Å². The van der Waals surface area contributed by atoms with Crippen LogP contribution in [0.3, 0.4) is 0 Å². The summed E-state index contributed by atoms with van der Waals surface area (Å²) < 4.78 is 29.7. The SMILES string of the molecule is CCCC(c1cc(B2OC(C)(C)C(C)(C)O2)c(OC2CCCCO2)c(-n2c3cc(C(C)(C)C)ccc3c3ccc(C(C)(C)C)cc32)c1)C(C)(C)C. The highest BCUT2D eigenvalue weighted by molar-refractivity contribution is 6.63. The first kappa shape index (κ1) is 37.9. The fraction of sp³-hybridized carbons (Fsp3) is 0.600. The van der Waals surface area contributed by atoms with Gasteiger partial charge in [-0.2, -0.15) is 0 Å². The van der Waals surface area contributed by atoms with Crippen LogP contribution in [-0.4, -0.2) is 35.8 Å². The average molecular weight is 694 g/mol. The average Bonchev–Trinajstić information content (AvgIpc) is 3.46. The smallest absolute Gasteiger partial charge is 0.463 e. The van der Waals surface area contributed by atoms with Crippen molar-refractivity contribution < 1.29 is 18.8 Å². The number of aromatic nitrogens is 1. The Kier molecular flexibility index (Phi) is 9.86. The minimum absolute atomic E-state index is 0.0184. The Hall–Kier alpha value is -2.80. The van der Waals surface area contributed by atoms with Crippen molar-refractivity contribution in [1.82, 2.24) is 4.57 Å². The maximum atomic E-state index is 7.16. The highest BCUT2D eigenvalue weighted by Gasteiger charge is 2.53. The van der Waals surface area contributed by atoms with E-state index in [-0.39, 0.29) is 22.5 Å². The van der Waals surface area contributed by atoms with Gasteiger partial charge in [-0.1, -0.05) is 106 Å². The molecular formula is C45H64BNO4. The first-order chi connectivity index (χ1) is 23.6. The third-order valence-corrected chi connectivity index (χ3v) is 11.8. The molecule has 0 saturated carbocycles. The molecule has 2 aliphatic rings. The molecule has 2 atom stereocenters. The second kappa shape index (κ2) is 13.3. The molecule has 0 amide bonds. The third-order valence-electron chi connectivity index (χ3n) is 11.8. The number of ether oxygens (including phenoxy) is 2. The van der Waals surface area contributed by atoms with Gasteiger partial charge >= 0.3 is 7.12 Å². The van der Waals surface area contributed by atoms with Crippen molar-refractivity contribution in [1.29, 1.82) is 0 Å². The summed E-state index contributed by atoms with van der Waals surface area (Å²) in [6.07, 6.45) is 4.80. The summed E-state index contributed by atoms with van der Waals surface area (Å²) in [5, 5.41) is 2.48. The van der Waals surface area contributed by atoms with E-state index in [9.17, 15) is 0 Å². The van der Waals surface area contributed by atoms with Crippen molar-refractivity contribution in [3.63, 3.8) is 0 Å². The lowest BCUT2D eigenvalue weighted by Crippen LogP contribution is -2.41. The van der Waals surface area contributed by atoms with Gasteiger partial charge in [0, 0.05) is 22.7 Å². The number of fused-ring (bicyclic) bond motifs is 3. The summed E-state index contributed by atoms with van der Waals surface area (Å²) in [5.74, 6) is 1.10. The lowest BCUT2D eigenvalue weighted by molar-refractivity contribution is -0.105. The fourth-order valence-electron chi connectivity index (χ4n) is 7.83. The lowest BCUT2D eigenvalue weighted by atomic mass is 9.70. The molecular weight excluding hydrogens is 629 g/mol. The maximum Gasteiger partial charge on any atom is 0.498 e. The molecule has 4 aromatic rings. The van der Waals surface area contributed by atoms with Crippen molar-refractivity contribution in [2.45, 2.75) is 163 Å². The Morgan fingerprint density at radius 1 is 0.784 bits per heavy atom. The zero-order valence-corrected chi connectivity index (χ0v) is 34.2. The largest absolute Gasteiger partial charge is 0.498 e. The number of nitrogens with zero attached hydrogens (tertiary/aromatic N) is 1. The molecule has 0 bridgehead atoms. The fourth-order valence-corrected chi connectivity index (χ4v) is 7.83. The molecule has 276 valence electrons. The highest BCUT2D eigenvalue weighted by atomic mass is 16.7. The summed E-state index contributed by atoms with van der Waals surface area (Å²) in [6, 6.07) is 18.8. The van der Waals surface area contributed by atoms with Crippen molar-refractivity contribution in [2.75, 3.05) is 6.61 Å². The van der Waals surface area contributed by atoms with Crippen molar-refractivity contribution >= 4 is 34.4 Å². The monoisotopic (exact) mass is 693 g/mol. The predicted molar refractivity (Wildman–Crippen MR) is 215 cm³/mol. The molecule has 3 aromatic carbocycles. The van der Waals surface area contributed by atoms with Crippen LogP contribution in [-0.2, 0) is 24.9 Å². The molecule has 1 aromatic heterocycles. The van der Waals surface area contributed by atoms with Crippen LogP contribution < -0.4 is 10.2 Å². The Balaban J connectivity index is 1.77. The number of rotatable bonds is 7. The van der Waals surface area contributed by atoms with Crippen LogP contribution in [0.4, 0.5) is 0 Å². The van der Waals surface area contributed by atoms with E-state index in [1.54, 1.807) is 0 Å². The van der Waals surface area contributed by atoms with Crippen LogP contribution >= 0.6 is 0 Å². The molecule has 0 N–H and O–H groups in total. The van der Waals surface area contributed by atoms with Crippen LogP contribution in [0.1, 0.15) is 152 Å². The number of benzene rings is 3. The zero-order chi connectivity index (χ0) is 37.3. The summed E-state index contributed by atoms with van der Waals surface area (Å²) in [7, 11) is -0.599. The topological polar surface area (TPSA) is 41.9 Å². The maximum absolute atomic E-state index is 7.16. The first-order valence-corrected chi connectivity index (χ1v) is 19.5. The minimum Gasteiger partial charge on any atom is -0.463 e. The van der Waals surface area contributed by atoms with Gasteiger partial charge in [0.15, 0.2) is 6.29 Å². The quantitative estimate of drug-likeness (QED) is 0.181. The van der Waals surface area contributed by atoms with E-state index in [1.807, 2.05) is 0 Å².